The van der Waals surface area contributed by atoms with Crippen molar-refractivity contribution in [2.45, 2.75) is 52.6 Å². The van der Waals surface area contributed by atoms with Crippen LogP contribution in [0.5, 0.6) is 0 Å². The number of carbonyl (C=O) groups is 2. The highest BCUT2D eigenvalue weighted by Crippen LogP contribution is 2.53. The van der Waals surface area contributed by atoms with E-state index >= 15 is 0 Å². The highest BCUT2D eigenvalue weighted by Gasteiger charge is 2.54. The van der Waals surface area contributed by atoms with Crippen molar-refractivity contribution in [2.24, 2.45) is 29.1 Å². The summed E-state index contributed by atoms with van der Waals surface area (Å²) in [7, 11) is 0. The molecule has 4 saturated carbocycles. The van der Waals surface area contributed by atoms with Gasteiger partial charge in [-0.2, -0.15) is 0 Å². The summed E-state index contributed by atoms with van der Waals surface area (Å²) in [4.78, 5) is 24.0. The average Bonchev–Trinajstić information content (AvgIpc) is 2.24. The zero-order chi connectivity index (χ0) is 13.1. The van der Waals surface area contributed by atoms with Gasteiger partial charge in [0.1, 0.15) is 11.9 Å². The first-order valence-corrected chi connectivity index (χ1v) is 7.11. The fourth-order valence-corrected chi connectivity index (χ4v) is 4.06. The number of hydrogen-bond acceptors (Lipinski definition) is 3. The first kappa shape index (κ1) is 12.2. The molecule has 0 atom stereocenters. The highest BCUT2D eigenvalue weighted by molar-refractivity contribution is 5.85. The van der Waals surface area contributed by atoms with Crippen molar-refractivity contribution in [3.05, 3.63) is 0 Å². The van der Waals surface area contributed by atoms with Gasteiger partial charge in [0.05, 0.1) is 5.41 Å². The van der Waals surface area contributed by atoms with Crippen LogP contribution in [0.1, 0.15) is 46.5 Å². The Morgan fingerprint density at radius 1 is 1.06 bits per heavy atom. The minimum atomic E-state index is -0.426. The van der Waals surface area contributed by atoms with Crippen LogP contribution in [-0.4, -0.2) is 17.9 Å². The molecule has 4 fully saturated rings. The van der Waals surface area contributed by atoms with Crippen molar-refractivity contribution in [3.63, 3.8) is 0 Å². The fourth-order valence-electron chi connectivity index (χ4n) is 4.06. The number of esters is 1. The molecular weight excluding hydrogens is 228 g/mol. The normalized spacial score (nSPS) is 42.2. The van der Waals surface area contributed by atoms with E-state index in [2.05, 4.69) is 0 Å². The molecule has 0 spiro atoms. The van der Waals surface area contributed by atoms with Crippen LogP contribution >= 0.6 is 0 Å². The minimum Gasteiger partial charge on any atom is -0.461 e. The van der Waals surface area contributed by atoms with Crippen LogP contribution < -0.4 is 0 Å². The molecule has 0 N–H and O–H groups in total. The maximum atomic E-state index is 12.0. The van der Waals surface area contributed by atoms with Crippen LogP contribution in [0.3, 0.4) is 0 Å². The third-order valence-electron chi connectivity index (χ3n) is 4.94. The predicted molar refractivity (Wildman–Crippen MR) is 66.8 cm³/mol. The Balaban J connectivity index is 1.73. The fraction of sp³-hybridized carbons (Fsp3) is 0.867. The van der Waals surface area contributed by atoms with E-state index in [1.165, 1.54) is 0 Å². The zero-order valence-electron chi connectivity index (χ0n) is 11.4. The van der Waals surface area contributed by atoms with Gasteiger partial charge in [-0.15, -0.1) is 0 Å². The molecule has 0 aromatic rings. The quantitative estimate of drug-likeness (QED) is 0.672. The summed E-state index contributed by atoms with van der Waals surface area (Å²) in [5.74, 6) is 1.83. The van der Waals surface area contributed by atoms with Crippen molar-refractivity contribution < 1.29 is 14.3 Å². The molecule has 100 valence electrons. The van der Waals surface area contributed by atoms with Crippen molar-refractivity contribution in [1.82, 2.24) is 0 Å². The Hall–Kier alpha value is -0.860. The Labute approximate surface area is 108 Å². The van der Waals surface area contributed by atoms with Gasteiger partial charge >= 0.3 is 5.97 Å². The molecule has 0 amide bonds. The van der Waals surface area contributed by atoms with Crippen LogP contribution in [0.25, 0.3) is 0 Å². The van der Waals surface area contributed by atoms with E-state index in [4.69, 9.17) is 4.74 Å². The van der Waals surface area contributed by atoms with Gasteiger partial charge in [0.25, 0.3) is 0 Å². The molecule has 0 aliphatic heterocycles. The second-order valence-corrected chi connectivity index (χ2v) is 7.38. The van der Waals surface area contributed by atoms with Gasteiger partial charge in [-0.3, -0.25) is 9.59 Å². The van der Waals surface area contributed by atoms with Gasteiger partial charge in [0, 0.05) is 11.8 Å². The standard InChI is InChI=1S/C15H22O3/c1-15(2,3)14(17)18-13-10-4-8-5-11(13)7-9(6-10)12(8)16/h8-11,13H,4-7H2,1-3H3. The summed E-state index contributed by atoms with van der Waals surface area (Å²) < 4.78 is 5.78. The molecule has 0 aromatic carbocycles. The number of rotatable bonds is 1. The number of ketones is 1. The van der Waals surface area contributed by atoms with Gasteiger partial charge < -0.3 is 4.74 Å². The molecule has 0 saturated heterocycles. The van der Waals surface area contributed by atoms with Gasteiger partial charge in [0.2, 0.25) is 0 Å². The molecule has 0 radical (unpaired) electrons. The summed E-state index contributed by atoms with van der Waals surface area (Å²) in [6.45, 7) is 5.69. The molecule has 4 bridgehead atoms. The monoisotopic (exact) mass is 250 g/mol. The Morgan fingerprint density at radius 2 is 1.50 bits per heavy atom. The maximum Gasteiger partial charge on any atom is 0.311 e. The number of ether oxygens (including phenoxy) is 1. The third-order valence-corrected chi connectivity index (χ3v) is 4.94. The second-order valence-electron chi connectivity index (χ2n) is 7.38. The second kappa shape index (κ2) is 3.82. The summed E-state index contributed by atoms with van der Waals surface area (Å²) >= 11 is 0. The first-order chi connectivity index (χ1) is 8.36. The average molecular weight is 250 g/mol. The lowest BCUT2D eigenvalue weighted by Crippen LogP contribution is -2.54. The number of Topliss-reactive ketones (excluding diaryl/α,β-unsaturated/α-hetero) is 1. The predicted octanol–water partition coefficient (Wildman–Crippen LogP) is 2.58. The molecule has 0 unspecified atom stereocenters. The molecule has 0 heterocycles. The molecule has 3 nitrogen and oxygen atoms in total. The molecule has 4 aliphatic carbocycles. The number of carbonyl (C=O) groups excluding carboxylic acids is 2. The molecule has 4 aliphatic rings. The lowest BCUT2D eigenvalue weighted by atomic mass is 9.54. The SMILES string of the molecule is CC(C)(C)C(=O)OC1C2CC3CC1CC(C2)C3=O. The van der Waals surface area contributed by atoms with Crippen molar-refractivity contribution in [2.75, 3.05) is 0 Å². The van der Waals surface area contributed by atoms with Gasteiger partial charge in [-0.1, -0.05) is 0 Å². The molecule has 4 rings (SSSR count). The molecule has 3 heteroatoms. The van der Waals surface area contributed by atoms with Crippen LogP contribution in [0.4, 0.5) is 0 Å². The van der Waals surface area contributed by atoms with Gasteiger partial charge in [-0.05, 0) is 58.3 Å². The van der Waals surface area contributed by atoms with E-state index in [1.54, 1.807) is 0 Å². The van der Waals surface area contributed by atoms with E-state index in [0.717, 1.165) is 25.7 Å². The van der Waals surface area contributed by atoms with Crippen molar-refractivity contribution >= 4 is 11.8 Å². The first-order valence-electron chi connectivity index (χ1n) is 7.11. The molecule has 18 heavy (non-hydrogen) atoms. The molecular formula is C15H22O3. The Bertz CT molecular complexity index is 359. The summed E-state index contributed by atoms with van der Waals surface area (Å²) in [6.07, 6.45) is 3.89. The lowest BCUT2D eigenvalue weighted by molar-refractivity contribution is -0.181. The van der Waals surface area contributed by atoms with E-state index < -0.39 is 5.41 Å². The summed E-state index contributed by atoms with van der Waals surface area (Å²) in [6, 6.07) is 0. The van der Waals surface area contributed by atoms with E-state index in [9.17, 15) is 9.59 Å². The topological polar surface area (TPSA) is 43.4 Å². The van der Waals surface area contributed by atoms with Crippen LogP contribution in [0.15, 0.2) is 0 Å². The van der Waals surface area contributed by atoms with Gasteiger partial charge in [-0.25, -0.2) is 0 Å². The van der Waals surface area contributed by atoms with Crippen LogP contribution in [0.2, 0.25) is 0 Å². The lowest BCUT2D eigenvalue weighted by Gasteiger charge is -2.52. The number of hydrogen-bond donors (Lipinski definition) is 0. The van der Waals surface area contributed by atoms with Gasteiger partial charge in [0.15, 0.2) is 0 Å². The summed E-state index contributed by atoms with van der Waals surface area (Å²) in [5, 5.41) is 0. The van der Waals surface area contributed by atoms with Crippen LogP contribution in [-0.2, 0) is 14.3 Å². The zero-order valence-corrected chi connectivity index (χ0v) is 11.4. The smallest absolute Gasteiger partial charge is 0.311 e. The Kier molecular flexibility index (Phi) is 2.58. The summed E-state index contributed by atoms with van der Waals surface area (Å²) in [5.41, 5.74) is -0.426. The Morgan fingerprint density at radius 3 is 1.89 bits per heavy atom. The maximum absolute atomic E-state index is 12.0. The van der Waals surface area contributed by atoms with E-state index in [-0.39, 0.29) is 23.9 Å². The van der Waals surface area contributed by atoms with Crippen molar-refractivity contribution in [3.8, 4) is 0 Å². The van der Waals surface area contributed by atoms with Crippen LogP contribution in [0, 0.1) is 29.1 Å². The van der Waals surface area contributed by atoms with E-state index in [1.807, 2.05) is 20.8 Å². The highest BCUT2D eigenvalue weighted by atomic mass is 16.5. The molecule has 0 aromatic heterocycles. The third kappa shape index (κ3) is 1.79. The minimum absolute atomic E-state index is 0.0809. The van der Waals surface area contributed by atoms with Crippen molar-refractivity contribution in [1.29, 1.82) is 0 Å². The largest absolute Gasteiger partial charge is 0.461 e. The van der Waals surface area contributed by atoms with E-state index in [0.29, 0.717) is 17.6 Å².